The van der Waals surface area contributed by atoms with Crippen LogP contribution in [0.4, 0.5) is 0 Å². The number of aromatic amines is 1. The van der Waals surface area contributed by atoms with Crippen LogP contribution in [-0.2, 0) is 6.54 Å². The van der Waals surface area contributed by atoms with Gasteiger partial charge in [-0.25, -0.2) is 4.79 Å². The Labute approximate surface area is 99.1 Å². The van der Waals surface area contributed by atoms with Gasteiger partial charge in [-0.15, -0.1) is 0 Å². The third-order valence-corrected chi connectivity index (χ3v) is 3.07. The van der Waals surface area contributed by atoms with Gasteiger partial charge >= 0.3 is 5.97 Å². The van der Waals surface area contributed by atoms with Crippen LogP contribution in [0.15, 0.2) is 17.1 Å². The second-order valence-corrected chi connectivity index (χ2v) is 4.38. The predicted octanol–water partition coefficient (Wildman–Crippen LogP) is 1.06. The maximum atomic E-state index is 11.7. The van der Waals surface area contributed by atoms with E-state index in [4.69, 9.17) is 5.11 Å². The zero-order chi connectivity index (χ0) is 12.3. The molecule has 0 bridgehead atoms. The number of nitrogens with one attached hydrogen (secondary N) is 1. The van der Waals surface area contributed by atoms with Gasteiger partial charge in [0.15, 0.2) is 5.43 Å². The van der Waals surface area contributed by atoms with E-state index >= 15 is 0 Å². The van der Waals surface area contributed by atoms with Crippen molar-refractivity contribution >= 4 is 5.97 Å². The van der Waals surface area contributed by atoms with Gasteiger partial charge in [0.25, 0.3) is 0 Å². The van der Waals surface area contributed by atoms with E-state index in [9.17, 15) is 9.59 Å². The van der Waals surface area contributed by atoms with E-state index in [0.29, 0.717) is 12.1 Å². The molecule has 0 aromatic carbocycles. The first-order valence-electron chi connectivity index (χ1n) is 5.84. The topological polar surface area (TPSA) is 73.4 Å². The predicted molar refractivity (Wildman–Crippen MR) is 63.2 cm³/mol. The highest BCUT2D eigenvalue weighted by molar-refractivity contribution is 5.85. The molecule has 5 heteroatoms. The second kappa shape index (κ2) is 5.14. The quantitative estimate of drug-likeness (QED) is 0.823. The highest BCUT2D eigenvalue weighted by Gasteiger charge is 2.13. The van der Waals surface area contributed by atoms with Crippen molar-refractivity contribution in [1.29, 1.82) is 0 Å². The molecule has 1 aliphatic rings. The highest BCUT2D eigenvalue weighted by atomic mass is 16.4. The first-order valence-corrected chi connectivity index (χ1v) is 5.84. The Bertz CT molecular complexity index is 461. The molecule has 0 spiro atoms. The average Bonchev–Trinajstić information content (AvgIpc) is 2.33. The number of carbonyl (C=O) groups is 1. The number of piperidine rings is 1. The smallest absolute Gasteiger partial charge is 0.352 e. The van der Waals surface area contributed by atoms with Crippen LogP contribution in [-0.4, -0.2) is 34.0 Å². The fourth-order valence-corrected chi connectivity index (χ4v) is 2.11. The van der Waals surface area contributed by atoms with Gasteiger partial charge in [0, 0.05) is 24.4 Å². The molecule has 0 atom stereocenters. The van der Waals surface area contributed by atoms with Crippen molar-refractivity contribution in [2.45, 2.75) is 25.8 Å². The largest absolute Gasteiger partial charge is 0.477 e. The molecule has 92 valence electrons. The minimum atomic E-state index is -1.10. The Kier molecular flexibility index (Phi) is 3.58. The molecule has 0 radical (unpaired) electrons. The highest BCUT2D eigenvalue weighted by Crippen LogP contribution is 2.10. The molecular weight excluding hydrogens is 220 g/mol. The van der Waals surface area contributed by atoms with Crippen LogP contribution in [0, 0.1) is 0 Å². The molecule has 1 aliphatic heterocycles. The van der Waals surface area contributed by atoms with Crippen LogP contribution in [0.3, 0.4) is 0 Å². The summed E-state index contributed by atoms with van der Waals surface area (Å²) in [5.41, 5.74) is 0.376. The Hall–Kier alpha value is -1.62. The Morgan fingerprint density at radius 1 is 1.35 bits per heavy atom. The van der Waals surface area contributed by atoms with Crippen molar-refractivity contribution in [3.05, 3.63) is 33.7 Å². The Morgan fingerprint density at radius 2 is 2.06 bits per heavy atom. The summed E-state index contributed by atoms with van der Waals surface area (Å²) in [6.07, 6.45) is 5.11. The SMILES string of the molecule is O=C(O)c1cc(=O)c(CN2CCCCC2)c[nH]1. The summed E-state index contributed by atoms with van der Waals surface area (Å²) in [7, 11) is 0. The number of aromatic carboxylic acids is 1. The number of nitrogens with zero attached hydrogens (tertiary/aromatic N) is 1. The fraction of sp³-hybridized carbons (Fsp3) is 0.500. The summed E-state index contributed by atoms with van der Waals surface area (Å²) >= 11 is 0. The van der Waals surface area contributed by atoms with Gasteiger partial charge < -0.3 is 10.1 Å². The number of hydrogen-bond donors (Lipinski definition) is 2. The fourth-order valence-electron chi connectivity index (χ4n) is 2.11. The molecule has 2 N–H and O–H groups in total. The van der Waals surface area contributed by atoms with Crippen LogP contribution in [0.1, 0.15) is 35.3 Å². The minimum absolute atomic E-state index is 0.0580. The van der Waals surface area contributed by atoms with Gasteiger partial charge in [-0.1, -0.05) is 6.42 Å². The summed E-state index contributed by atoms with van der Waals surface area (Å²) in [5, 5.41) is 8.74. The number of carboxylic acid groups (broad SMARTS) is 1. The van der Waals surface area contributed by atoms with Crippen molar-refractivity contribution in [2.24, 2.45) is 0 Å². The summed E-state index contributed by atoms with van der Waals surface area (Å²) in [6, 6.07) is 1.15. The molecule has 17 heavy (non-hydrogen) atoms. The standard InChI is InChI=1S/C12H16N2O3/c15-11-6-10(12(16)17)13-7-9(11)8-14-4-2-1-3-5-14/h6-7H,1-5,8H2,(H,13,15)(H,16,17). The monoisotopic (exact) mass is 236 g/mol. The molecule has 0 aliphatic carbocycles. The van der Waals surface area contributed by atoms with Gasteiger partial charge in [0.05, 0.1) is 0 Å². The van der Waals surface area contributed by atoms with E-state index in [2.05, 4.69) is 9.88 Å². The van der Waals surface area contributed by atoms with Crippen LogP contribution in [0.5, 0.6) is 0 Å². The van der Waals surface area contributed by atoms with E-state index in [-0.39, 0.29) is 11.1 Å². The first kappa shape index (κ1) is 11.9. The molecule has 1 saturated heterocycles. The van der Waals surface area contributed by atoms with E-state index in [1.54, 1.807) is 0 Å². The zero-order valence-corrected chi connectivity index (χ0v) is 9.61. The number of pyridine rings is 1. The summed E-state index contributed by atoms with van der Waals surface area (Å²) in [6.45, 7) is 2.63. The summed E-state index contributed by atoms with van der Waals surface area (Å²) in [5.74, 6) is -1.10. The number of carboxylic acids is 1. The number of H-pyrrole nitrogens is 1. The molecular formula is C12H16N2O3. The second-order valence-electron chi connectivity index (χ2n) is 4.38. The summed E-state index contributed by atoms with van der Waals surface area (Å²) < 4.78 is 0. The van der Waals surface area contributed by atoms with Crippen LogP contribution >= 0.6 is 0 Å². The summed E-state index contributed by atoms with van der Waals surface area (Å²) in [4.78, 5) is 27.3. The van der Waals surface area contributed by atoms with E-state index in [1.165, 1.54) is 25.5 Å². The van der Waals surface area contributed by atoms with Gasteiger partial charge in [-0.2, -0.15) is 0 Å². The molecule has 1 aromatic rings. The third-order valence-electron chi connectivity index (χ3n) is 3.07. The van der Waals surface area contributed by atoms with E-state index in [1.807, 2.05) is 0 Å². The van der Waals surface area contributed by atoms with Gasteiger partial charge in [0.2, 0.25) is 0 Å². The Balaban J connectivity index is 2.11. The van der Waals surface area contributed by atoms with Crippen molar-refractivity contribution in [2.75, 3.05) is 13.1 Å². The first-order chi connectivity index (χ1) is 8.16. The maximum absolute atomic E-state index is 11.7. The van der Waals surface area contributed by atoms with Crippen molar-refractivity contribution in [1.82, 2.24) is 9.88 Å². The van der Waals surface area contributed by atoms with Crippen molar-refractivity contribution < 1.29 is 9.90 Å². The molecule has 0 amide bonds. The number of rotatable bonds is 3. The lowest BCUT2D eigenvalue weighted by molar-refractivity contribution is 0.0690. The molecule has 0 unspecified atom stereocenters. The van der Waals surface area contributed by atoms with Gasteiger partial charge in [0.1, 0.15) is 5.69 Å². The lowest BCUT2D eigenvalue weighted by atomic mass is 10.1. The van der Waals surface area contributed by atoms with E-state index in [0.717, 1.165) is 19.2 Å². The molecule has 1 fully saturated rings. The van der Waals surface area contributed by atoms with E-state index < -0.39 is 5.97 Å². The number of hydrogen-bond acceptors (Lipinski definition) is 3. The van der Waals surface area contributed by atoms with Crippen LogP contribution in [0.25, 0.3) is 0 Å². The maximum Gasteiger partial charge on any atom is 0.352 e. The number of aromatic nitrogens is 1. The normalized spacial score (nSPS) is 16.9. The average molecular weight is 236 g/mol. The molecule has 0 saturated carbocycles. The van der Waals surface area contributed by atoms with Gasteiger partial charge in [-0.05, 0) is 25.9 Å². The minimum Gasteiger partial charge on any atom is -0.477 e. The van der Waals surface area contributed by atoms with Crippen molar-refractivity contribution in [3.63, 3.8) is 0 Å². The molecule has 2 rings (SSSR count). The zero-order valence-electron chi connectivity index (χ0n) is 9.61. The molecule has 1 aromatic heterocycles. The van der Waals surface area contributed by atoms with Crippen molar-refractivity contribution in [3.8, 4) is 0 Å². The third kappa shape index (κ3) is 2.94. The molecule has 2 heterocycles. The molecule has 5 nitrogen and oxygen atoms in total. The van der Waals surface area contributed by atoms with Crippen LogP contribution in [0.2, 0.25) is 0 Å². The Morgan fingerprint density at radius 3 is 2.65 bits per heavy atom. The van der Waals surface area contributed by atoms with Gasteiger partial charge in [-0.3, -0.25) is 9.69 Å². The number of likely N-dealkylation sites (tertiary alicyclic amines) is 1. The van der Waals surface area contributed by atoms with Crippen LogP contribution < -0.4 is 5.43 Å². The lowest BCUT2D eigenvalue weighted by Gasteiger charge is -2.25. The lowest BCUT2D eigenvalue weighted by Crippen LogP contribution is -2.31.